The molecule has 1 N–H and O–H groups in total. The minimum absolute atomic E-state index is 0.00864. The molecule has 0 aliphatic carbocycles. The first kappa shape index (κ1) is 15.4. The first-order valence-electron chi connectivity index (χ1n) is 6.50. The monoisotopic (exact) mass is 307 g/mol. The lowest BCUT2D eigenvalue weighted by atomic mass is 10.1. The molecule has 6 nitrogen and oxygen atoms in total. The van der Waals surface area contributed by atoms with Crippen LogP contribution in [0.2, 0.25) is 0 Å². The van der Waals surface area contributed by atoms with Crippen molar-refractivity contribution in [2.75, 3.05) is 12.9 Å². The van der Waals surface area contributed by atoms with Crippen molar-refractivity contribution in [2.24, 2.45) is 0 Å². The van der Waals surface area contributed by atoms with E-state index in [1.54, 1.807) is 31.4 Å². The number of hydrogen-bond donors (Lipinski definition) is 1. The largest absolute Gasteiger partial charge is 0.497 e. The van der Waals surface area contributed by atoms with Gasteiger partial charge in [-0.3, -0.25) is 9.36 Å². The van der Waals surface area contributed by atoms with Crippen LogP contribution in [0.5, 0.6) is 5.75 Å². The van der Waals surface area contributed by atoms with Crippen molar-refractivity contribution in [2.45, 2.75) is 25.0 Å². The number of aromatic amines is 1. The van der Waals surface area contributed by atoms with Gasteiger partial charge in [-0.15, -0.1) is 5.10 Å². The fourth-order valence-electron chi connectivity index (χ4n) is 1.86. The highest BCUT2D eigenvalue weighted by Gasteiger charge is 2.14. The summed E-state index contributed by atoms with van der Waals surface area (Å²) in [5.74, 6) is 0.818. The third-order valence-corrected chi connectivity index (χ3v) is 3.87. The van der Waals surface area contributed by atoms with Crippen LogP contribution in [0.25, 0.3) is 0 Å². The standard InChI is InChI=1S/C14H17N3O3S/c1-9(2)17-13(19)15-16-14(17)21-8-12(18)10-5-4-6-11(7-10)20-3/h4-7,9H,8H2,1-3H3,(H,15,19). The number of carbonyl (C=O) groups is 1. The molecule has 0 saturated heterocycles. The van der Waals surface area contributed by atoms with Gasteiger partial charge in [0.05, 0.1) is 12.9 Å². The molecule has 0 amide bonds. The van der Waals surface area contributed by atoms with E-state index < -0.39 is 0 Å². The summed E-state index contributed by atoms with van der Waals surface area (Å²) < 4.78 is 6.63. The summed E-state index contributed by atoms with van der Waals surface area (Å²) in [6, 6.07) is 6.99. The fraction of sp³-hybridized carbons (Fsp3) is 0.357. The topological polar surface area (TPSA) is 77.0 Å². The van der Waals surface area contributed by atoms with Crippen molar-refractivity contribution in [3.05, 3.63) is 40.3 Å². The Balaban J connectivity index is 2.09. The normalized spacial score (nSPS) is 10.9. The maximum atomic E-state index is 12.2. The number of methoxy groups -OCH3 is 1. The molecule has 21 heavy (non-hydrogen) atoms. The third kappa shape index (κ3) is 3.55. The zero-order chi connectivity index (χ0) is 15.4. The minimum atomic E-state index is -0.263. The van der Waals surface area contributed by atoms with Gasteiger partial charge in [-0.05, 0) is 26.0 Å². The summed E-state index contributed by atoms with van der Waals surface area (Å²) in [4.78, 5) is 23.8. The van der Waals surface area contributed by atoms with E-state index in [1.165, 1.54) is 16.3 Å². The molecule has 0 radical (unpaired) electrons. The van der Waals surface area contributed by atoms with Crippen LogP contribution in [-0.2, 0) is 0 Å². The zero-order valence-electron chi connectivity index (χ0n) is 12.1. The Morgan fingerprint density at radius 3 is 2.90 bits per heavy atom. The van der Waals surface area contributed by atoms with E-state index in [-0.39, 0.29) is 23.3 Å². The molecule has 2 rings (SSSR count). The Bertz CT molecular complexity index is 691. The predicted molar refractivity (Wildman–Crippen MR) is 81.3 cm³/mol. The molecular formula is C14H17N3O3S. The second-order valence-corrected chi connectivity index (χ2v) is 5.66. The van der Waals surface area contributed by atoms with Crippen LogP contribution in [0, 0.1) is 0 Å². The van der Waals surface area contributed by atoms with Crippen LogP contribution in [0.15, 0.2) is 34.2 Å². The second kappa shape index (κ2) is 6.62. The van der Waals surface area contributed by atoms with E-state index in [4.69, 9.17) is 4.74 Å². The van der Waals surface area contributed by atoms with Crippen molar-refractivity contribution in [1.29, 1.82) is 0 Å². The van der Waals surface area contributed by atoms with Crippen LogP contribution in [0.4, 0.5) is 0 Å². The molecule has 1 aromatic heterocycles. The molecule has 112 valence electrons. The minimum Gasteiger partial charge on any atom is -0.497 e. The number of nitrogens with one attached hydrogen (secondary N) is 1. The first-order valence-corrected chi connectivity index (χ1v) is 7.48. The number of H-pyrrole nitrogens is 1. The molecule has 7 heteroatoms. The first-order chi connectivity index (χ1) is 10.0. The van der Waals surface area contributed by atoms with E-state index in [1.807, 2.05) is 13.8 Å². The van der Waals surface area contributed by atoms with Gasteiger partial charge in [-0.1, -0.05) is 23.9 Å². The third-order valence-electron chi connectivity index (χ3n) is 2.91. The summed E-state index contributed by atoms with van der Waals surface area (Å²) in [7, 11) is 1.56. The molecule has 1 aromatic carbocycles. The van der Waals surface area contributed by atoms with Gasteiger partial charge in [0.25, 0.3) is 0 Å². The van der Waals surface area contributed by atoms with E-state index in [0.29, 0.717) is 16.5 Å². The molecule has 0 aliphatic rings. The molecule has 2 aromatic rings. The fourth-order valence-corrected chi connectivity index (χ4v) is 2.83. The molecule has 0 atom stereocenters. The molecule has 0 bridgehead atoms. The van der Waals surface area contributed by atoms with E-state index in [0.717, 1.165) is 0 Å². The number of Topliss-reactive ketones (excluding diaryl/α,β-unsaturated/α-hetero) is 1. The predicted octanol–water partition coefficient (Wildman–Crippen LogP) is 2.14. The average molecular weight is 307 g/mol. The number of ether oxygens (including phenoxy) is 1. The lowest BCUT2D eigenvalue weighted by Gasteiger charge is -2.08. The molecule has 0 unspecified atom stereocenters. The van der Waals surface area contributed by atoms with Crippen LogP contribution in [-0.4, -0.2) is 33.4 Å². The van der Waals surface area contributed by atoms with Crippen molar-refractivity contribution < 1.29 is 9.53 Å². The lowest BCUT2D eigenvalue weighted by molar-refractivity contribution is 0.102. The van der Waals surface area contributed by atoms with Crippen LogP contribution >= 0.6 is 11.8 Å². The molecule has 0 spiro atoms. The number of benzene rings is 1. The SMILES string of the molecule is COc1cccc(C(=O)CSc2n[nH]c(=O)n2C(C)C)c1. The summed E-state index contributed by atoms with van der Waals surface area (Å²) in [5, 5.41) is 6.87. The summed E-state index contributed by atoms with van der Waals surface area (Å²) in [5.41, 5.74) is 0.317. The summed E-state index contributed by atoms with van der Waals surface area (Å²) in [6.07, 6.45) is 0. The molecule has 0 saturated carbocycles. The zero-order valence-corrected chi connectivity index (χ0v) is 12.9. The average Bonchev–Trinajstić information content (AvgIpc) is 2.85. The van der Waals surface area contributed by atoms with Crippen LogP contribution in [0.1, 0.15) is 30.2 Å². The van der Waals surface area contributed by atoms with Gasteiger partial charge in [-0.2, -0.15) is 0 Å². The van der Waals surface area contributed by atoms with E-state index in [2.05, 4.69) is 10.2 Å². The highest BCUT2D eigenvalue weighted by atomic mass is 32.2. The van der Waals surface area contributed by atoms with Gasteiger partial charge in [0.1, 0.15) is 5.75 Å². The Morgan fingerprint density at radius 2 is 2.24 bits per heavy atom. The Labute approximate surface area is 126 Å². The number of carbonyl (C=O) groups excluding carboxylic acids is 1. The lowest BCUT2D eigenvalue weighted by Crippen LogP contribution is -2.19. The van der Waals surface area contributed by atoms with Gasteiger partial charge in [-0.25, -0.2) is 9.89 Å². The maximum Gasteiger partial charge on any atom is 0.344 e. The van der Waals surface area contributed by atoms with E-state index >= 15 is 0 Å². The maximum absolute atomic E-state index is 12.2. The Morgan fingerprint density at radius 1 is 1.48 bits per heavy atom. The Kier molecular flexibility index (Phi) is 4.85. The van der Waals surface area contributed by atoms with Crippen molar-refractivity contribution in [3.8, 4) is 5.75 Å². The number of aromatic nitrogens is 3. The smallest absolute Gasteiger partial charge is 0.344 e. The number of ketones is 1. The van der Waals surface area contributed by atoms with Gasteiger partial charge in [0.15, 0.2) is 10.9 Å². The number of hydrogen-bond acceptors (Lipinski definition) is 5. The van der Waals surface area contributed by atoms with Gasteiger partial charge < -0.3 is 4.74 Å². The molecule has 1 heterocycles. The quantitative estimate of drug-likeness (QED) is 0.653. The highest BCUT2D eigenvalue weighted by Crippen LogP contribution is 2.20. The van der Waals surface area contributed by atoms with Crippen molar-refractivity contribution in [3.63, 3.8) is 0 Å². The summed E-state index contributed by atoms with van der Waals surface area (Å²) >= 11 is 1.24. The van der Waals surface area contributed by atoms with Gasteiger partial charge >= 0.3 is 5.69 Å². The number of thioether (sulfide) groups is 1. The number of nitrogens with zero attached hydrogens (tertiary/aromatic N) is 2. The molecule has 0 fully saturated rings. The van der Waals surface area contributed by atoms with Crippen molar-refractivity contribution in [1.82, 2.24) is 14.8 Å². The van der Waals surface area contributed by atoms with E-state index in [9.17, 15) is 9.59 Å². The molecule has 0 aliphatic heterocycles. The molecular weight excluding hydrogens is 290 g/mol. The number of rotatable bonds is 6. The van der Waals surface area contributed by atoms with Gasteiger partial charge in [0, 0.05) is 11.6 Å². The Hall–Kier alpha value is -2.02. The second-order valence-electron chi connectivity index (χ2n) is 4.72. The van der Waals surface area contributed by atoms with Gasteiger partial charge in [0.2, 0.25) is 0 Å². The van der Waals surface area contributed by atoms with Crippen molar-refractivity contribution >= 4 is 17.5 Å². The van der Waals surface area contributed by atoms with Crippen LogP contribution in [0.3, 0.4) is 0 Å². The van der Waals surface area contributed by atoms with Crippen LogP contribution < -0.4 is 10.4 Å². The summed E-state index contributed by atoms with van der Waals surface area (Å²) in [6.45, 7) is 3.79. The highest BCUT2D eigenvalue weighted by molar-refractivity contribution is 7.99.